The zero-order chi connectivity index (χ0) is 16.3. The van der Waals surface area contributed by atoms with Crippen LogP contribution in [0.2, 0.25) is 0 Å². The highest BCUT2D eigenvalue weighted by atomic mass is 35.5. The molecule has 0 aromatic carbocycles. The Hall–Kier alpha value is -1.56. The Morgan fingerprint density at radius 2 is 2.00 bits per heavy atom. The molecule has 0 aliphatic carbocycles. The molecule has 2 aromatic heterocycles. The summed E-state index contributed by atoms with van der Waals surface area (Å²) in [5.41, 5.74) is 9.39. The number of aryl methyl sites for hydroxylation is 1. The van der Waals surface area contributed by atoms with Gasteiger partial charge < -0.3 is 15.2 Å². The predicted molar refractivity (Wildman–Crippen MR) is 102 cm³/mol. The Bertz CT molecular complexity index is 658. The van der Waals surface area contributed by atoms with Crippen molar-refractivity contribution in [3.05, 3.63) is 53.1 Å². The molecule has 0 saturated heterocycles. The molecule has 0 aliphatic heterocycles. The predicted octanol–water partition coefficient (Wildman–Crippen LogP) is 2.81. The number of carbonyl (C=O) groups excluding carboxylic acids is 1. The summed E-state index contributed by atoms with van der Waals surface area (Å²) in [6, 6.07) is 7.82. The molecule has 0 fully saturated rings. The zero-order valence-electron chi connectivity index (χ0n) is 14.5. The lowest BCUT2D eigenvalue weighted by atomic mass is 10.2. The van der Waals surface area contributed by atoms with E-state index in [9.17, 15) is 4.79 Å². The summed E-state index contributed by atoms with van der Waals surface area (Å²) in [4.78, 5) is 18.7. The van der Waals surface area contributed by atoms with Crippen LogP contribution >= 0.6 is 24.8 Å². The lowest BCUT2D eigenvalue weighted by Crippen LogP contribution is -2.39. The fraction of sp³-hybridized carbons (Fsp3) is 0.412. The van der Waals surface area contributed by atoms with Gasteiger partial charge in [0, 0.05) is 37.2 Å². The Kier molecular flexibility index (Phi) is 9.04. The Morgan fingerprint density at radius 1 is 1.33 bits per heavy atom. The number of carbonyl (C=O) groups is 1. The number of hydrogen-bond acceptors (Lipinski definition) is 3. The lowest BCUT2D eigenvalue weighted by Gasteiger charge is -2.23. The molecule has 0 bridgehead atoms. The molecule has 1 unspecified atom stereocenters. The van der Waals surface area contributed by atoms with Crippen molar-refractivity contribution in [3.63, 3.8) is 0 Å². The second kappa shape index (κ2) is 9.67. The van der Waals surface area contributed by atoms with E-state index in [1.165, 1.54) is 0 Å². The maximum atomic E-state index is 12.6. The van der Waals surface area contributed by atoms with Gasteiger partial charge >= 0.3 is 0 Å². The average molecular weight is 373 g/mol. The van der Waals surface area contributed by atoms with E-state index < -0.39 is 0 Å². The van der Waals surface area contributed by atoms with E-state index >= 15 is 0 Å². The first kappa shape index (κ1) is 22.4. The summed E-state index contributed by atoms with van der Waals surface area (Å²) >= 11 is 0. The first-order valence-electron chi connectivity index (χ1n) is 7.49. The Balaban J connectivity index is 0.00000264. The third kappa shape index (κ3) is 4.72. The molecule has 1 amide bonds. The molecule has 7 heteroatoms. The number of likely N-dealkylation sites (N-methyl/N-ethyl adjacent to an activating group) is 1. The number of nitrogens with two attached hydrogens (primary N) is 1. The smallest absolute Gasteiger partial charge is 0.255 e. The fourth-order valence-electron chi connectivity index (χ4n) is 2.46. The highest BCUT2D eigenvalue weighted by molar-refractivity contribution is 5.95. The minimum atomic E-state index is 0. The molecule has 2 aromatic rings. The average Bonchev–Trinajstić information content (AvgIpc) is 2.81. The van der Waals surface area contributed by atoms with Crippen molar-refractivity contribution in [2.45, 2.75) is 33.4 Å². The van der Waals surface area contributed by atoms with Crippen molar-refractivity contribution in [1.82, 2.24) is 14.5 Å². The molecule has 0 radical (unpaired) electrons. The van der Waals surface area contributed by atoms with Crippen LogP contribution in [-0.4, -0.2) is 40.0 Å². The van der Waals surface area contributed by atoms with Crippen LogP contribution in [0.15, 0.2) is 30.5 Å². The topological polar surface area (TPSA) is 64.2 Å². The minimum absolute atomic E-state index is 0. The molecule has 2 rings (SSSR count). The van der Waals surface area contributed by atoms with Crippen molar-refractivity contribution in [1.29, 1.82) is 0 Å². The zero-order valence-corrected chi connectivity index (χ0v) is 16.2. The van der Waals surface area contributed by atoms with Gasteiger partial charge in [0.05, 0.1) is 17.8 Å². The number of hydrogen-bond donors (Lipinski definition) is 1. The standard InChI is InChI=1S/C17H24N4O.2ClH/c1-12-9-16(17(22)20(4)13(2)10-18)14(3)21(12)11-15-7-5-6-8-19-15;;/h5-9,13H,10-11,18H2,1-4H3;2*1H. The largest absolute Gasteiger partial charge is 0.342 e. The first-order chi connectivity index (χ1) is 10.5. The van der Waals surface area contributed by atoms with Crippen LogP contribution in [0.1, 0.15) is 34.4 Å². The molecular weight excluding hydrogens is 347 g/mol. The van der Waals surface area contributed by atoms with Crippen LogP contribution in [0.5, 0.6) is 0 Å². The monoisotopic (exact) mass is 372 g/mol. The summed E-state index contributed by atoms with van der Waals surface area (Å²) < 4.78 is 2.12. The van der Waals surface area contributed by atoms with Gasteiger partial charge in [0.2, 0.25) is 0 Å². The van der Waals surface area contributed by atoms with Crippen LogP contribution in [0.4, 0.5) is 0 Å². The van der Waals surface area contributed by atoms with E-state index in [-0.39, 0.29) is 36.8 Å². The van der Waals surface area contributed by atoms with Gasteiger partial charge in [-0.25, -0.2) is 0 Å². The number of aromatic nitrogens is 2. The second-order valence-electron chi connectivity index (χ2n) is 5.69. The Morgan fingerprint density at radius 3 is 2.54 bits per heavy atom. The SMILES string of the molecule is Cc1cc(C(=O)N(C)C(C)CN)c(C)n1Cc1ccccn1.Cl.Cl. The number of halogens is 2. The van der Waals surface area contributed by atoms with E-state index in [0.717, 1.165) is 22.6 Å². The van der Waals surface area contributed by atoms with Crippen LogP contribution in [0.3, 0.4) is 0 Å². The van der Waals surface area contributed by atoms with Crippen molar-refractivity contribution in [2.24, 2.45) is 5.73 Å². The molecule has 0 saturated carbocycles. The normalized spacial score (nSPS) is 11.2. The molecule has 134 valence electrons. The van der Waals surface area contributed by atoms with E-state index in [2.05, 4.69) is 9.55 Å². The van der Waals surface area contributed by atoms with Crippen molar-refractivity contribution < 1.29 is 4.79 Å². The van der Waals surface area contributed by atoms with Crippen molar-refractivity contribution in [2.75, 3.05) is 13.6 Å². The second-order valence-corrected chi connectivity index (χ2v) is 5.69. The van der Waals surface area contributed by atoms with Gasteiger partial charge in [0.15, 0.2) is 0 Å². The van der Waals surface area contributed by atoms with E-state index in [0.29, 0.717) is 13.1 Å². The summed E-state index contributed by atoms with van der Waals surface area (Å²) in [5, 5.41) is 0. The van der Waals surface area contributed by atoms with E-state index in [1.54, 1.807) is 18.1 Å². The van der Waals surface area contributed by atoms with Crippen LogP contribution < -0.4 is 5.73 Å². The quantitative estimate of drug-likeness (QED) is 0.877. The third-order valence-corrected chi connectivity index (χ3v) is 4.17. The third-order valence-electron chi connectivity index (χ3n) is 4.17. The van der Waals surface area contributed by atoms with Gasteiger partial charge in [-0.15, -0.1) is 24.8 Å². The number of nitrogens with zero attached hydrogens (tertiary/aromatic N) is 3. The summed E-state index contributed by atoms with van der Waals surface area (Å²) in [7, 11) is 1.80. The summed E-state index contributed by atoms with van der Waals surface area (Å²) in [6.45, 7) is 7.06. The maximum Gasteiger partial charge on any atom is 0.255 e. The van der Waals surface area contributed by atoms with Gasteiger partial charge in [-0.1, -0.05) is 6.07 Å². The minimum Gasteiger partial charge on any atom is -0.342 e. The molecule has 0 aliphatic rings. The Labute approximate surface area is 156 Å². The summed E-state index contributed by atoms with van der Waals surface area (Å²) in [6.07, 6.45) is 1.78. The van der Waals surface area contributed by atoms with E-state index in [1.807, 2.05) is 45.0 Å². The van der Waals surface area contributed by atoms with Gasteiger partial charge in [-0.2, -0.15) is 0 Å². The number of pyridine rings is 1. The molecule has 2 N–H and O–H groups in total. The van der Waals surface area contributed by atoms with Crippen molar-refractivity contribution >= 4 is 30.7 Å². The first-order valence-corrected chi connectivity index (χ1v) is 7.49. The van der Waals surface area contributed by atoms with Gasteiger partial charge in [-0.05, 0) is 39.0 Å². The van der Waals surface area contributed by atoms with Crippen LogP contribution in [0.25, 0.3) is 0 Å². The van der Waals surface area contributed by atoms with Crippen LogP contribution in [0, 0.1) is 13.8 Å². The maximum absolute atomic E-state index is 12.6. The van der Waals surface area contributed by atoms with Gasteiger partial charge in [0.1, 0.15) is 0 Å². The molecule has 2 heterocycles. The lowest BCUT2D eigenvalue weighted by molar-refractivity contribution is 0.0747. The molecule has 1 atom stereocenters. The molecule has 5 nitrogen and oxygen atoms in total. The number of rotatable bonds is 5. The summed E-state index contributed by atoms with van der Waals surface area (Å²) in [5.74, 6) is 0.0123. The van der Waals surface area contributed by atoms with E-state index in [4.69, 9.17) is 5.73 Å². The highest BCUT2D eigenvalue weighted by Crippen LogP contribution is 2.18. The van der Waals surface area contributed by atoms with Gasteiger partial charge in [-0.3, -0.25) is 9.78 Å². The number of amides is 1. The van der Waals surface area contributed by atoms with Crippen molar-refractivity contribution in [3.8, 4) is 0 Å². The molecule has 24 heavy (non-hydrogen) atoms. The fourth-order valence-corrected chi connectivity index (χ4v) is 2.46. The molecule has 0 spiro atoms. The van der Waals surface area contributed by atoms with Crippen LogP contribution in [-0.2, 0) is 6.54 Å². The molecular formula is C17H26Cl2N4O. The van der Waals surface area contributed by atoms with Gasteiger partial charge in [0.25, 0.3) is 5.91 Å². The highest BCUT2D eigenvalue weighted by Gasteiger charge is 2.21.